The zero-order valence-electron chi connectivity index (χ0n) is 19.9. The van der Waals surface area contributed by atoms with Crippen molar-refractivity contribution >= 4 is 28.5 Å². The Morgan fingerprint density at radius 1 is 1.06 bits per heavy atom. The maximum atomic E-state index is 12.3. The number of hydrogen-bond acceptors (Lipinski definition) is 6. The number of amides is 1. The van der Waals surface area contributed by atoms with E-state index in [1.165, 1.54) is 0 Å². The Labute approximate surface area is 208 Å². The molecule has 0 fully saturated rings. The van der Waals surface area contributed by atoms with Gasteiger partial charge in [-0.15, -0.1) is 0 Å². The quantitative estimate of drug-likeness (QED) is 0.168. The number of nitrogens with one attached hydrogen (secondary N) is 1. The van der Waals surface area contributed by atoms with Gasteiger partial charge in [0.1, 0.15) is 0 Å². The van der Waals surface area contributed by atoms with Gasteiger partial charge in [-0.1, -0.05) is 30.9 Å². The normalized spacial score (nSPS) is 11.3. The molecule has 8 heteroatoms. The van der Waals surface area contributed by atoms with Crippen LogP contribution in [0.25, 0.3) is 22.2 Å². The summed E-state index contributed by atoms with van der Waals surface area (Å²) in [6, 6.07) is 18.8. The van der Waals surface area contributed by atoms with E-state index in [1.807, 2.05) is 60.5 Å². The molecule has 1 amide bonds. The number of aliphatic carboxylic acids is 1. The molecule has 1 unspecified atom stereocenters. The fourth-order valence-electron chi connectivity index (χ4n) is 3.74. The van der Waals surface area contributed by atoms with Crippen LogP contribution in [0.5, 0.6) is 0 Å². The first-order chi connectivity index (χ1) is 17.4. The Hall–Kier alpha value is -4.74. The summed E-state index contributed by atoms with van der Waals surface area (Å²) in [5, 5.41) is 9.72. The van der Waals surface area contributed by atoms with Gasteiger partial charge in [-0.05, 0) is 48.5 Å². The van der Waals surface area contributed by atoms with Crippen molar-refractivity contribution in [2.75, 3.05) is 18.5 Å². The van der Waals surface area contributed by atoms with Gasteiger partial charge < -0.3 is 10.0 Å². The standard InChI is InChI=1S/C28H25N5O3/c1-18(28(35)36)17-33(2)22-11-7-20(8-12-22)4-3-19-5-9-21(10-6-19)26-15-23(27(34)32-29)24-16-30-14-13-25(24)31-26/h5-16,18H,17,29H2,1-2H3,(H,32,34)(H,35,36). The summed E-state index contributed by atoms with van der Waals surface area (Å²) in [4.78, 5) is 34.0. The zero-order valence-corrected chi connectivity index (χ0v) is 19.9. The van der Waals surface area contributed by atoms with Crippen LogP contribution in [0, 0.1) is 17.8 Å². The van der Waals surface area contributed by atoms with Crippen molar-refractivity contribution in [3.8, 4) is 23.1 Å². The summed E-state index contributed by atoms with van der Waals surface area (Å²) in [6.45, 7) is 2.11. The average Bonchev–Trinajstić information content (AvgIpc) is 2.91. The lowest BCUT2D eigenvalue weighted by molar-refractivity contribution is -0.140. The number of hydrogen-bond donors (Lipinski definition) is 3. The Kier molecular flexibility index (Phi) is 7.23. The molecule has 4 aromatic rings. The van der Waals surface area contributed by atoms with Gasteiger partial charge in [0, 0.05) is 53.8 Å². The summed E-state index contributed by atoms with van der Waals surface area (Å²) in [5.74, 6) is 9.98. The van der Waals surface area contributed by atoms with Crippen molar-refractivity contribution in [1.29, 1.82) is 0 Å². The first kappa shape index (κ1) is 24.4. The van der Waals surface area contributed by atoms with Crippen LogP contribution in [-0.4, -0.2) is 40.5 Å². The molecule has 4 rings (SSSR count). The smallest absolute Gasteiger partial charge is 0.308 e. The van der Waals surface area contributed by atoms with Crippen molar-refractivity contribution in [1.82, 2.24) is 15.4 Å². The summed E-state index contributed by atoms with van der Waals surface area (Å²) in [6.07, 6.45) is 3.22. The van der Waals surface area contributed by atoms with Crippen LogP contribution in [0.15, 0.2) is 73.1 Å². The van der Waals surface area contributed by atoms with Crippen molar-refractivity contribution in [3.05, 3.63) is 89.7 Å². The topological polar surface area (TPSA) is 121 Å². The number of nitrogens with zero attached hydrogens (tertiary/aromatic N) is 3. The lowest BCUT2D eigenvalue weighted by atomic mass is 10.0. The van der Waals surface area contributed by atoms with Gasteiger partial charge in [-0.25, -0.2) is 10.8 Å². The fourth-order valence-corrected chi connectivity index (χ4v) is 3.74. The van der Waals surface area contributed by atoms with Crippen LogP contribution in [0.1, 0.15) is 28.4 Å². The molecule has 8 nitrogen and oxygen atoms in total. The number of rotatable bonds is 6. The number of pyridine rings is 2. The predicted octanol–water partition coefficient (Wildman–Crippen LogP) is 3.46. The van der Waals surface area contributed by atoms with Crippen LogP contribution in [0.3, 0.4) is 0 Å². The Bertz CT molecular complexity index is 1470. The second kappa shape index (κ2) is 10.7. The number of carboxylic acid groups (broad SMARTS) is 1. The van der Waals surface area contributed by atoms with Crippen molar-refractivity contribution in [3.63, 3.8) is 0 Å². The molecule has 0 aliphatic rings. The molecule has 0 saturated heterocycles. The maximum Gasteiger partial charge on any atom is 0.308 e. The van der Waals surface area contributed by atoms with Crippen molar-refractivity contribution in [2.45, 2.75) is 6.92 Å². The second-order valence-electron chi connectivity index (χ2n) is 8.42. The third-order valence-corrected chi connectivity index (χ3v) is 5.80. The first-order valence-electron chi connectivity index (χ1n) is 11.3. The Morgan fingerprint density at radius 2 is 1.69 bits per heavy atom. The molecule has 2 aromatic carbocycles. The van der Waals surface area contributed by atoms with E-state index in [9.17, 15) is 9.59 Å². The van der Waals surface area contributed by atoms with Gasteiger partial charge in [-0.2, -0.15) is 0 Å². The molecule has 0 bridgehead atoms. The molecule has 4 N–H and O–H groups in total. The third kappa shape index (κ3) is 5.49. The SMILES string of the molecule is CC(CN(C)c1ccc(C#Cc2ccc(-c3cc(C(=O)NN)c4cnccc4n3)cc2)cc1)C(=O)O. The van der Waals surface area contributed by atoms with E-state index in [0.717, 1.165) is 22.4 Å². The summed E-state index contributed by atoms with van der Waals surface area (Å²) < 4.78 is 0. The molecule has 0 radical (unpaired) electrons. The maximum absolute atomic E-state index is 12.3. The number of benzene rings is 2. The van der Waals surface area contributed by atoms with Crippen LogP contribution >= 0.6 is 0 Å². The van der Waals surface area contributed by atoms with E-state index in [1.54, 1.807) is 31.5 Å². The number of fused-ring (bicyclic) bond motifs is 1. The highest BCUT2D eigenvalue weighted by Crippen LogP contribution is 2.24. The largest absolute Gasteiger partial charge is 0.481 e. The molecular weight excluding hydrogens is 454 g/mol. The summed E-state index contributed by atoms with van der Waals surface area (Å²) >= 11 is 0. The van der Waals surface area contributed by atoms with Gasteiger partial charge in [0.2, 0.25) is 0 Å². The molecule has 36 heavy (non-hydrogen) atoms. The van der Waals surface area contributed by atoms with Crippen molar-refractivity contribution < 1.29 is 14.7 Å². The lowest BCUT2D eigenvalue weighted by Crippen LogP contribution is -2.30. The molecule has 0 aliphatic carbocycles. The minimum Gasteiger partial charge on any atom is -0.481 e. The fraction of sp³-hybridized carbons (Fsp3) is 0.143. The number of hydrazine groups is 1. The highest BCUT2D eigenvalue weighted by molar-refractivity contribution is 6.06. The van der Waals surface area contributed by atoms with Crippen LogP contribution in [0.4, 0.5) is 5.69 Å². The molecule has 180 valence electrons. The molecule has 0 spiro atoms. The Balaban J connectivity index is 1.52. The number of carbonyl (C=O) groups is 2. The van der Waals surface area contributed by atoms with Crippen LogP contribution < -0.4 is 16.2 Å². The summed E-state index contributed by atoms with van der Waals surface area (Å²) in [7, 11) is 1.87. The molecule has 1 atom stereocenters. The highest BCUT2D eigenvalue weighted by Gasteiger charge is 2.14. The van der Waals surface area contributed by atoms with Gasteiger partial charge >= 0.3 is 5.97 Å². The molecule has 2 heterocycles. The number of carbonyl (C=O) groups excluding carboxylic acids is 1. The zero-order chi connectivity index (χ0) is 25.7. The van der Waals surface area contributed by atoms with Crippen molar-refractivity contribution in [2.24, 2.45) is 11.8 Å². The average molecular weight is 480 g/mol. The highest BCUT2D eigenvalue weighted by atomic mass is 16.4. The number of aromatic nitrogens is 2. The van der Waals surface area contributed by atoms with E-state index in [0.29, 0.717) is 28.7 Å². The minimum absolute atomic E-state index is 0.404. The van der Waals surface area contributed by atoms with Gasteiger partial charge in [0.25, 0.3) is 5.91 Å². The Morgan fingerprint density at radius 3 is 2.31 bits per heavy atom. The van der Waals surface area contributed by atoms with E-state index in [4.69, 9.17) is 10.9 Å². The van der Waals surface area contributed by atoms with Crippen LogP contribution in [0.2, 0.25) is 0 Å². The monoisotopic (exact) mass is 479 g/mol. The predicted molar refractivity (Wildman–Crippen MR) is 139 cm³/mol. The second-order valence-corrected chi connectivity index (χ2v) is 8.42. The van der Waals surface area contributed by atoms with E-state index < -0.39 is 17.8 Å². The number of nitrogen functional groups attached to an aromatic ring is 1. The lowest BCUT2D eigenvalue weighted by Gasteiger charge is -2.21. The minimum atomic E-state index is -0.814. The van der Waals surface area contributed by atoms with E-state index >= 15 is 0 Å². The summed E-state index contributed by atoms with van der Waals surface area (Å²) in [5.41, 5.74) is 7.33. The third-order valence-electron chi connectivity index (χ3n) is 5.80. The van der Waals surface area contributed by atoms with Gasteiger partial charge in [0.15, 0.2) is 0 Å². The number of nitrogens with two attached hydrogens (primary N) is 1. The molecular formula is C28H25N5O3. The van der Waals surface area contributed by atoms with E-state index in [-0.39, 0.29) is 0 Å². The van der Waals surface area contributed by atoms with Gasteiger partial charge in [0.05, 0.1) is 22.7 Å². The number of carboxylic acids is 1. The van der Waals surface area contributed by atoms with Gasteiger partial charge in [-0.3, -0.25) is 20.0 Å². The first-order valence-corrected chi connectivity index (χ1v) is 11.3. The van der Waals surface area contributed by atoms with E-state index in [2.05, 4.69) is 27.2 Å². The molecule has 2 aromatic heterocycles. The number of anilines is 1. The van der Waals surface area contributed by atoms with Crippen LogP contribution in [-0.2, 0) is 4.79 Å². The molecule has 0 aliphatic heterocycles. The molecule has 0 saturated carbocycles.